The first-order valence-corrected chi connectivity index (χ1v) is 27.4. The minimum atomic E-state index is -0.813. The highest BCUT2D eigenvalue weighted by molar-refractivity contribution is 5.71. The van der Waals surface area contributed by atoms with Crippen LogP contribution in [0.3, 0.4) is 0 Å². The van der Waals surface area contributed by atoms with Gasteiger partial charge in [0.05, 0.1) is 0 Å². The van der Waals surface area contributed by atoms with Gasteiger partial charge in [-0.3, -0.25) is 14.4 Å². The molecule has 0 amide bonds. The number of allylic oxidation sites excluding steroid dienone is 18. The first-order valence-electron chi connectivity index (χ1n) is 27.4. The maximum Gasteiger partial charge on any atom is 0.306 e. The summed E-state index contributed by atoms with van der Waals surface area (Å²) in [6, 6.07) is 0. The van der Waals surface area contributed by atoms with Gasteiger partial charge >= 0.3 is 17.9 Å². The first-order chi connectivity index (χ1) is 33.0. The van der Waals surface area contributed by atoms with E-state index in [4.69, 9.17) is 14.2 Å². The van der Waals surface area contributed by atoms with Gasteiger partial charge in [0.2, 0.25) is 0 Å². The Kier molecular flexibility index (Phi) is 51.5. The molecule has 0 fully saturated rings. The van der Waals surface area contributed by atoms with Crippen molar-refractivity contribution < 1.29 is 28.6 Å². The molecule has 0 N–H and O–H groups in total. The Hall–Kier alpha value is -3.93. The maximum absolute atomic E-state index is 12.8. The molecule has 6 nitrogen and oxygen atoms in total. The van der Waals surface area contributed by atoms with Gasteiger partial charge in [0.25, 0.3) is 0 Å². The van der Waals surface area contributed by atoms with Crippen molar-refractivity contribution in [3.8, 4) is 0 Å². The van der Waals surface area contributed by atoms with E-state index in [1.54, 1.807) is 0 Å². The number of hydrogen-bond acceptors (Lipinski definition) is 6. The molecule has 0 heterocycles. The zero-order valence-corrected chi connectivity index (χ0v) is 43.4. The highest BCUT2D eigenvalue weighted by atomic mass is 16.6. The third-order valence-corrected chi connectivity index (χ3v) is 11.2. The molecule has 0 aromatic rings. The molecule has 0 unspecified atom stereocenters. The van der Waals surface area contributed by atoms with E-state index < -0.39 is 6.10 Å². The summed E-state index contributed by atoms with van der Waals surface area (Å²) in [7, 11) is 0. The summed E-state index contributed by atoms with van der Waals surface area (Å²) in [6.07, 6.45) is 73.6. The van der Waals surface area contributed by atoms with Crippen molar-refractivity contribution in [3.63, 3.8) is 0 Å². The Morgan fingerprint density at radius 3 is 0.970 bits per heavy atom. The number of unbranched alkanes of at least 4 members (excludes halogenated alkanes) is 19. The topological polar surface area (TPSA) is 78.9 Å². The predicted molar refractivity (Wildman–Crippen MR) is 288 cm³/mol. The van der Waals surface area contributed by atoms with Crippen LogP contribution in [-0.2, 0) is 28.6 Å². The molecular weight excluding hydrogens is 829 g/mol. The van der Waals surface area contributed by atoms with E-state index in [1.165, 1.54) is 77.0 Å². The molecule has 0 rings (SSSR count). The molecular formula is C61H100O6. The fourth-order valence-electron chi connectivity index (χ4n) is 7.13. The van der Waals surface area contributed by atoms with E-state index in [0.717, 1.165) is 116 Å². The lowest BCUT2D eigenvalue weighted by atomic mass is 10.1. The average Bonchev–Trinajstić information content (AvgIpc) is 3.33. The van der Waals surface area contributed by atoms with Gasteiger partial charge in [-0.05, 0) is 122 Å². The van der Waals surface area contributed by atoms with Crippen LogP contribution in [0.5, 0.6) is 0 Å². The molecule has 6 heteroatoms. The molecule has 380 valence electrons. The van der Waals surface area contributed by atoms with Crippen LogP contribution in [0.25, 0.3) is 0 Å². The summed E-state index contributed by atoms with van der Waals surface area (Å²) in [6.45, 7) is 6.40. The summed E-state index contributed by atoms with van der Waals surface area (Å²) >= 11 is 0. The first kappa shape index (κ1) is 63.1. The number of rotatable bonds is 48. The second-order valence-electron chi connectivity index (χ2n) is 17.7. The van der Waals surface area contributed by atoms with Crippen LogP contribution >= 0.6 is 0 Å². The Morgan fingerprint density at radius 1 is 0.313 bits per heavy atom. The molecule has 0 aromatic carbocycles. The molecule has 0 saturated carbocycles. The summed E-state index contributed by atoms with van der Waals surface area (Å²) in [5.41, 5.74) is 0. The zero-order valence-electron chi connectivity index (χ0n) is 43.4. The molecule has 0 bridgehead atoms. The van der Waals surface area contributed by atoms with Crippen LogP contribution in [0, 0.1) is 0 Å². The average molecular weight is 929 g/mol. The van der Waals surface area contributed by atoms with E-state index in [9.17, 15) is 14.4 Å². The molecule has 67 heavy (non-hydrogen) atoms. The van der Waals surface area contributed by atoms with Crippen LogP contribution in [0.2, 0.25) is 0 Å². The summed E-state index contributed by atoms with van der Waals surface area (Å²) < 4.78 is 16.8. The van der Waals surface area contributed by atoms with Crippen LogP contribution in [0.1, 0.15) is 239 Å². The van der Waals surface area contributed by atoms with E-state index in [-0.39, 0.29) is 37.5 Å². The summed E-state index contributed by atoms with van der Waals surface area (Å²) in [5.74, 6) is -0.991. The van der Waals surface area contributed by atoms with E-state index in [0.29, 0.717) is 19.3 Å². The standard InChI is InChI=1S/C61H100O6/c1-4-7-10-13-16-19-22-25-28-30-33-36-39-42-45-48-51-54-60(63)66-57-58(56-65-59(62)53-50-47-44-41-38-35-32-27-24-21-18-15-12-9-6-3)67-61(64)55-52-49-46-43-40-37-34-31-29-26-23-20-17-14-11-8-5-2/h7,10,16-21,25-29,32-33,36,42,45,58H,4-6,8-9,11-15,22-24,30-31,34-35,37-41,43-44,46-57H2,1-3H3/b10-7+,19-16+,20-17+,21-18+,28-25+,29-26+,32-27+,36-33+,45-42+/t58-/m1/s1. The third kappa shape index (κ3) is 52.9. The van der Waals surface area contributed by atoms with Crippen LogP contribution in [0.15, 0.2) is 109 Å². The van der Waals surface area contributed by atoms with Gasteiger partial charge < -0.3 is 14.2 Å². The maximum atomic E-state index is 12.8. The molecule has 0 spiro atoms. The lowest BCUT2D eigenvalue weighted by Crippen LogP contribution is -2.30. The van der Waals surface area contributed by atoms with Crippen molar-refractivity contribution >= 4 is 17.9 Å². The number of ether oxygens (including phenoxy) is 3. The van der Waals surface area contributed by atoms with Crippen LogP contribution in [0.4, 0.5) is 0 Å². The minimum Gasteiger partial charge on any atom is -0.462 e. The molecule has 0 radical (unpaired) electrons. The van der Waals surface area contributed by atoms with Gasteiger partial charge in [0, 0.05) is 19.3 Å². The van der Waals surface area contributed by atoms with Gasteiger partial charge in [-0.1, -0.05) is 207 Å². The second kappa shape index (κ2) is 54.7. The second-order valence-corrected chi connectivity index (χ2v) is 17.7. The van der Waals surface area contributed by atoms with Gasteiger partial charge in [0.1, 0.15) is 13.2 Å². The van der Waals surface area contributed by atoms with Crippen molar-refractivity contribution in [2.45, 2.75) is 245 Å². The van der Waals surface area contributed by atoms with Crippen molar-refractivity contribution in [2.24, 2.45) is 0 Å². The molecule has 0 aliphatic heterocycles. The van der Waals surface area contributed by atoms with Gasteiger partial charge in [-0.15, -0.1) is 0 Å². The van der Waals surface area contributed by atoms with Gasteiger partial charge in [-0.2, -0.15) is 0 Å². The molecule has 0 saturated heterocycles. The Morgan fingerprint density at radius 2 is 0.597 bits per heavy atom. The van der Waals surface area contributed by atoms with Gasteiger partial charge in [0.15, 0.2) is 6.10 Å². The van der Waals surface area contributed by atoms with Crippen LogP contribution in [-0.4, -0.2) is 37.2 Å². The van der Waals surface area contributed by atoms with Crippen molar-refractivity contribution in [3.05, 3.63) is 109 Å². The number of carbonyl (C=O) groups excluding carboxylic acids is 3. The fourth-order valence-corrected chi connectivity index (χ4v) is 7.13. The normalized spacial score (nSPS) is 12.9. The van der Waals surface area contributed by atoms with Crippen molar-refractivity contribution in [2.75, 3.05) is 13.2 Å². The fraction of sp³-hybridized carbons (Fsp3) is 0.656. The van der Waals surface area contributed by atoms with Gasteiger partial charge in [-0.25, -0.2) is 0 Å². The lowest BCUT2D eigenvalue weighted by molar-refractivity contribution is -0.167. The summed E-state index contributed by atoms with van der Waals surface area (Å²) in [4.78, 5) is 38.1. The lowest BCUT2D eigenvalue weighted by Gasteiger charge is -2.18. The minimum absolute atomic E-state index is 0.108. The highest BCUT2D eigenvalue weighted by Crippen LogP contribution is 2.13. The largest absolute Gasteiger partial charge is 0.462 e. The number of carbonyl (C=O) groups is 3. The van der Waals surface area contributed by atoms with E-state index in [2.05, 4.69) is 130 Å². The number of esters is 3. The van der Waals surface area contributed by atoms with E-state index in [1.807, 2.05) is 0 Å². The quantitative estimate of drug-likeness (QED) is 0.0262. The smallest absolute Gasteiger partial charge is 0.306 e. The zero-order chi connectivity index (χ0) is 48.6. The molecule has 0 aliphatic rings. The molecule has 0 aromatic heterocycles. The highest BCUT2D eigenvalue weighted by Gasteiger charge is 2.19. The molecule has 0 aliphatic carbocycles. The SMILES string of the molecule is CC/C=C/C/C=C/C/C=C/C/C=C/C/C=C/CCCC(=O)OC[C@@H](COC(=O)CCCCCCC/C=C/C/C=C/CCCCC)OC(=O)CCCCCCCCC/C=C/C/C=C/CCCCC. The van der Waals surface area contributed by atoms with E-state index >= 15 is 0 Å². The van der Waals surface area contributed by atoms with Crippen molar-refractivity contribution in [1.82, 2.24) is 0 Å². The predicted octanol–water partition coefficient (Wildman–Crippen LogP) is 18.3. The monoisotopic (exact) mass is 929 g/mol. The number of hydrogen-bond donors (Lipinski definition) is 0. The third-order valence-electron chi connectivity index (χ3n) is 11.2. The van der Waals surface area contributed by atoms with Crippen LogP contribution < -0.4 is 0 Å². The Balaban J connectivity index is 4.53. The van der Waals surface area contributed by atoms with Crippen molar-refractivity contribution in [1.29, 1.82) is 0 Å². The Bertz CT molecular complexity index is 1390. The Labute approximate surface area is 412 Å². The molecule has 1 atom stereocenters. The summed E-state index contributed by atoms with van der Waals surface area (Å²) in [5, 5.41) is 0.